The Morgan fingerprint density at radius 1 is 1.19 bits per heavy atom. The van der Waals surface area contributed by atoms with Crippen molar-refractivity contribution in [3.8, 4) is 11.5 Å². The molecule has 1 N–H and O–H groups in total. The van der Waals surface area contributed by atoms with Gasteiger partial charge >= 0.3 is 0 Å². The van der Waals surface area contributed by atoms with Crippen LogP contribution in [0.1, 0.15) is 10.4 Å². The molecular formula is C19H20BrClN2O4. The molecule has 2 aromatic carbocycles. The van der Waals surface area contributed by atoms with Gasteiger partial charge in [0.15, 0.2) is 11.5 Å². The van der Waals surface area contributed by atoms with Crippen LogP contribution in [-0.2, 0) is 4.74 Å². The largest absolute Gasteiger partial charge is 0.493 e. The highest BCUT2D eigenvalue weighted by atomic mass is 79.9. The standard InChI is InChI=1S/C19H20BrClN2O4/c1-25-17-10-12(9-14(21)18(17)26-2)19(24)22-15-11-13(20)3-4-16(15)23-5-7-27-8-6-23/h3-4,9-11H,5-8H2,1-2H3,(H,22,24). The van der Waals surface area contributed by atoms with E-state index < -0.39 is 0 Å². The number of rotatable bonds is 5. The molecule has 6 nitrogen and oxygen atoms in total. The molecule has 27 heavy (non-hydrogen) atoms. The predicted octanol–water partition coefficient (Wildman–Crippen LogP) is 4.21. The van der Waals surface area contributed by atoms with Crippen molar-refractivity contribution in [3.05, 3.63) is 45.4 Å². The number of ether oxygens (including phenoxy) is 3. The van der Waals surface area contributed by atoms with Crippen LogP contribution in [0, 0.1) is 0 Å². The fourth-order valence-corrected chi connectivity index (χ4v) is 3.58. The summed E-state index contributed by atoms with van der Waals surface area (Å²) < 4.78 is 16.8. The molecule has 0 saturated carbocycles. The monoisotopic (exact) mass is 454 g/mol. The van der Waals surface area contributed by atoms with Gasteiger partial charge < -0.3 is 24.4 Å². The second kappa shape index (κ2) is 8.82. The molecule has 0 atom stereocenters. The summed E-state index contributed by atoms with van der Waals surface area (Å²) in [7, 11) is 3.00. The molecule has 0 unspecified atom stereocenters. The number of anilines is 2. The lowest BCUT2D eigenvalue weighted by molar-refractivity contribution is 0.102. The molecule has 144 valence electrons. The number of amides is 1. The predicted molar refractivity (Wildman–Crippen MR) is 110 cm³/mol. The van der Waals surface area contributed by atoms with E-state index in [1.54, 1.807) is 12.1 Å². The first-order chi connectivity index (χ1) is 13.0. The number of nitrogens with one attached hydrogen (secondary N) is 1. The van der Waals surface area contributed by atoms with Crippen LogP contribution in [0.5, 0.6) is 11.5 Å². The van der Waals surface area contributed by atoms with Crippen molar-refractivity contribution in [2.24, 2.45) is 0 Å². The van der Waals surface area contributed by atoms with E-state index in [1.807, 2.05) is 18.2 Å². The summed E-state index contributed by atoms with van der Waals surface area (Å²) in [5.41, 5.74) is 2.04. The van der Waals surface area contributed by atoms with Crippen molar-refractivity contribution in [3.63, 3.8) is 0 Å². The minimum Gasteiger partial charge on any atom is -0.493 e. The van der Waals surface area contributed by atoms with Gasteiger partial charge in [-0.15, -0.1) is 0 Å². The van der Waals surface area contributed by atoms with Gasteiger partial charge in [-0.2, -0.15) is 0 Å². The van der Waals surface area contributed by atoms with Crippen LogP contribution in [-0.4, -0.2) is 46.4 Å². The number of morpholine rings is 1. The Morgan fingerprint density at radius 3 is 2.59 bits per heavy atom. The maximum Gasteiger partial charge on any atom is 0.255 e. The Kier molecular flexibility index (Phi) is 6.46. The van der Waals surface area contributed by atoms with Gasteiger partial charge in [0, 0.05) is 23.1 Å². The Hall–Kier alpha value is -1.96. The average molecular weight is 456 g/mol. The zero-order chi connectivity index (χ0) is 19.4. The summed E-state index contributed by atoms with van der Waals surface area (Å²) in [6, 6.07) is 8.97. The molecule has 1 fully saturated rings. The number of hydrogen-bond donors (Lipinski definition) is 1. The fraction of sp³-hybridized carbons (Fsp3) is 0.316. The van der Waals surface area contributed by atoms with Crippen molar-refractivity contribution >= 4 is 44.8 Å². The van der Waals surface area contributed by atoms with Gasteiger partial charge in [-0.25, -0.2) is 0 Å². The van der Waals surface area contributed by atoms with E-state index in [4.69, 9.17) is 25.8 Å². The SMILES string of the molecule is COc1cc(C(=O)Nc2cc(Br)ccc2N2CCOCC2)cc(Cl)c1OC. The third kappa shape index (κ3) is 4.48. The summed E-state index contributed by atoms with van der Waals surface area (Å²) in [5, 5.41) is 3.28. The van der Waals surface area contributed by atoms with Crippen molar-refractivity contribution in [2.45, 2.75) is 0 Å². The summed E-state index contributed by atoms with van der Waals surface area (Å²) in [4.78, 5) is 15.0. The van der Waals surface area contributed by atoms with E-state index in [2.05, 4.69) is 26.1 Å². The fourth-order valence-electron chi connectivity index (χ4n) is 2.93. The highest BCUT2D eigenvalue weighted by Gasteiger charge is 2.19. The lowest BCUT2D eigenvalue weighted by Gasteiger charge is -2.30. The number of carbonyl (C=O) groups is 1. The summed E-state index contributed by atoms with van der Waals surface area (Å²) in [6.45, 7) is 2.86. The van der Waals surface area contributed by atoms with Crippen molar-refractivity contribution in [1.82, 2.24) is 0 Å². The number of methoxy groups -OCH3 is 2. The second-order valence-electron chi connectivity index (χ2n) is 5.91. The molecule has 0 bridgehead atoms. The van der Waals surface area contributed by atoms with E-state index in [-0.39, 0.29) is 5.91 Å². The average Bonchev–Trinajstić information content (AvgIpc) is 2.68. The first kappa shape index (κ1) is 19.8. The number of carbonyl (C=O) groups excluding carboxylic acids is 1. The third-order valence-corrected chi connectivity index (χ3v) is 5.03. The molecular weight excluding hydrogens is 436 g/mol. The Labute approximate surface area is 171 Å². The van der Waals surface area contributed by atoms with Crippen LogP contribution in [0.3, 0.4) is 0 Å². The Balaban J connectivity index is 1.90. The topological polar surface area (TPSA) is 60.0 Å². The Morgan fingerprint density at radius 2 is 1.93 bits per heavy atom. The molecule has 1 aliphatic rings. The van der Waals surface area contributed by atoms with Gasteiger partial charge in [-0.1, -0.05) is 27.5 Å². The highest BCUT2D eigenvalue weighted by Crippen LogP contribution is 2.37. The minimum atomic E-state index is -0.287. The van der Waals surface area contributed by atoms with Gasteiger partial charge in [0.2, 0.25) is 0 Å². The van der Waals surface area contributed by atoms with E-state index >= 15 is 0 Å². The molecule has 0 spiro atoms. The second-order valence-corrected chi connectivity index (χ2v) is 7.23. The molecule has 0 radical (unpaired) electrons. The summed E-state index contributed by atoms with van der Waals surface area (Å²) in [6.07, 6.45) is 0. The number of benzene rings is 2. The van der Waals surface area contributed by atoms with Crippen molar-refractivity contribution in [1.29, 1.82) is 0 Å². The van der Waals surface area contributed by atoms with Crippen LogP contribution >= 0.6 is 27.5 Å². The van der Waals surface area contributed by atoms with E-state index in [0.29, 0.717) is 41.0 Å². The van der Waals surface area contributed by atoms with Gasteiger partial charge in [-0.05, 0) is 30.3 Å². The van der Waals surface area contributed by atoms with Gasteiger partial charge in [0.25, 0.3) is 5.91 Å². The highest BCUT2D eigenvalue weighted by molar-refractivity contribution is 9.10. The minimum absolute atomic E-state index is 0.287. The summed E-state index contributed by atoms with van der Waals surface area (Å²) >= 11 is 9.69. The zero-order valence-electron chi connectivity index (χ0n) is 15.1. The van der Waals surface area contributed by atoms with E-state index in [0.717, 1.165) is 23.2 Å². The van der Waals surface area contributed by atoms with Gasteiger partial charge in [0.05, 0.1) is 43.8 Å². The van der Waals surface area contributed by atoms with Crippen molar-refractivity contribution in [2.75, 3.05) is 50.7 Å². The first-order valence-corrected chi connectivity index (χ1v) is 9.55. The molecule has 1 saturated heterocycles. The zero-order valence-corrected chi connectivity index (χ0v) is 17.4. The van der Waals surface area contributed by atoms with Gasteiger partial charge in [0.1, 0.15) is 0 Å². The Bertz CT molecular complexity index is 841. The van der Waals surface area contributed by atoms with Crippen LogP contribution in [0.2, 0.25) is 5.02 Å². The van der Waals surface area contributed by atoms with Crippen LogP contribution < -0.4 is 19.7 Å². The van der Waals surface area contributed by atoms with Gasteiger partial charge in [-0.3, -0.25) is 4.79 Å². The molecule has 0 aliphatic carbocycles. The normalized spacial score (nSPS) is 14.0. The third-order valence-electron chi connectivity index (χ3n) is 4.25. The maximum absolute atomic E-state index is 12.9. The molecule has 8 heteroatoms. The smallest absolute Gasteiger partial charge is 0.255 e. The number of hydrogen-bond acceptors (Lipinski definition) is 5. The quantitative estimate of drug-likeness (QED) is 0.732. The van der Waals surface area contributed by atoms with E-state index in [1.165, 1.54) is 14.2 Å². The lowest BCUT2D eigenvalue weighted by Crippen LogP contribution is -2.36. The van der Waals surface area contributed by atoms with Crippen LogP contribution in [0.15, 0.2) is 34.8 Å². The molecule has 2 aromatic rings. The van der Waals surface area contributed by atoms with Crippen LogP contribution in [0.4, 0.5) is 11.4 Å². The molecule has 1 amide bonds. The van der Waals surface area contributed by atoms with E-state index in [9.17, 15) is 4.79 Å². The van der Waals surface area contributed by atoms with Crippen molar-refractivity contribution < 1.29 is 19.0 Å². The number of halogens is 2. The number of nitrogens with zero attached hydrogens (tertiary/aromatic N) is 1. The first-order valence-electron chi connectivity index (χ1n) is 8.38. The molecule has 1 heterocycles. The molecule has 3 rings (SSSR count). The summed E-state index contributed by atoms with van der Waals surface area (Å²) in [5.74, 6) is 0.510. The maximum atomic E-state index is 12.9. The molecule has 0 aromatic heterocycles. The lowest BCUT2D eigenvalue weighted by atomic mass is 10.1. The molecule has 1 aliphatic heterocycles. The van der Waals surface area contributed by atoms with Crippen LogP contribution in [0.25, 0.3) is 0 Å².